The lowest BCUT2D eigenvalue weighted by Crippen LogP contribution is -2.25. The van der Waals surface area contributed by atoms with Crippen LogP contribution in [0.1, 0.15) is 60.0 Å². The third-order valence-corrected chi connectivity index (χ3v) is 4.95. The molecule has 0 amide bonds. The van der Waals surface area contributed by atoms with Crippen LogP contribution in [0, 0.1) is 5.92 Å². The Morgan fingerprint density at radius 1 is 1.31 bits per heavy atom. The Morgan fingerprint density at radius 2 is 2.04 bits per heavy atom. The lowest BCUT2D eigenvalue weighted by molar-refractivity contribution is 0.00676. The van der Waals surface area contributed by atoms with E-state index in [1.807, 2.05) is 16.7 Å². The zero-order valence-electron chi connectivity index (χ0n) is 15.4. The standard InChI is InChI=1S/C20H24N2O4/c1-20(2,3)26-19(25)14-13-7-6-12-8-9-21-15(12)16(13)22(10-11-4-5-11)17(14)18(23)24/h6-7,11,21H,4-5,8-10H2,1-3H3,(H,23,24). The summed E-state index contributed by atoms with van der Waals surface area (Å²) in [5, 5.41) is 14.0. The van der Waals surface area contributed by atoms with E-state index in [0.29, 0.717) is 17.8 Å². The van der Waals surface area contributed by atoms with Crippen LogP contribution in [0.15, 0.2) is 12.1 Å². The van der Waals surface area contributed by atoms with Gasteiger partial charge < -0.3 is 19.7 Å². The van der Waals surface area contributed by atoms with Gasteiger partial charge in [-0.15, -0.1) is 0 Å². The molecule has 2 heterocycles. The number of carbonyl (C=O) groups excluding carboxylic acids is 1. The molecule has 0 radical (unpaired) electrons. The first-order chi connectivity index (χ1) is 12.3. The number of benzene rings is 1. The Hall–Kier alpha value is -2.50. The van der Waals surface area contributed by atoms with Crippen molar-refractivity contribution in [3.05, 3.63) is 29.0 Å². The lowest BCUT2D eigenvalue weighted by Gasteiger charge is -2.19. The smallest absolute Gasteiger partial charge is 0.353 e. The van der Waals surface area contributed by atoms with Crippen LogP contribution in [0.4, 0.5) is 5.69 Å². The molecule has 1 aromatic heterocycles. The number of aromatic carboxylic acids is 1. The van der Waals surface area contributed by atoms with Gasteiger partial charge in [-0.05, 0) is 51.5 Å². The highest BCUT2D eigenvalue weighted by Gasteiger charge is 2.34. The average Bonchev–Trinajstić information content (AvgIpc) is 3.09. The van der Waals surface area contributed by atoms with Crippen LogP contribution in [-0.4, -0.2) is 33.8 Å². The molecule has 6 heteroatoms. The summed E-state index contributed by atoms with van der Waals surface area (Å²) in [7, 11) is 0. The van der Waals surface area contributed by atoms with Gasteiger partial charge in [-0.25, -0.2) is 9.59 Å². The second-order valence-corrected chi connectivity index (χ2v) is 8.26. The predicted octanol–water partition coefficient (Wildman–Crippen LogP) is 3.67. The van der Waals surface area contributed by atoms with Gasteiger partial charge in [0.1, 0.15) is 16.9 Å². The number of nitrogens with zero attached hydrogens (tertiary/aromatic N) is 1. The Kier molecular flexibility index (Phi) is 3.75. The molecule has 1 aliphatic heterocycles. The number of hydrogen-bond acceptors (Lipinski definition) is 4. The minimum Gasteiger partial charge on any atom is -0.477 e. The fourth-order valence-corrected chi connectivity index (χ4v) is 3.72. The summed E-state index contributed by atoms with van der Waals surface area (Å²) in [6.07, 6.45) is 3.11. The van der Waals surface area contributed by atoms with E-state index in [1.165, 1.54) is 5.56 Å². The fourth-order valence-electron chi connectivity index (χ4n) is 3.72. The summed E-state index contributed by atoms with van der Waals surface area (Å²) in [5.41, 5.74) is 2.47. The number of rotatable bonds is 4. The second-order valence-electron chi connectivity index (χ2n) is 8.26. The van der Waals surface area contributed by atoms with Crippen LogP contribution in [0.5, 0.6) is 0 Å². The van der Waals surface area contributed by atoms with E-state index in [-0.39, 0.29) is 11.3 Å². The number of hydrogen-bond donors (Lipinski definition) is 2. The Balaban J connectivity index is 1.99. The molecule has 0 atom stereocenters. The van der Waals surface area contributed by atoms with Crippen LogP contribution < -0.4 is 5.32 Å². The molecule has 4 rings (SSSR count). The van der Waals surface area contributed by atoms with Crippen molar-refractivity contribution >= 4 is 28.5 Å². The van der Waals surface area contributed by atoms with Gasteiger partial charge in [0.2, 0.25) is 0 Å². The SMILES string of the molecule is CC(C)(C)OC(=O)c1c(C(=O)O)n(CC2CC2)c2c3c(ccc12)CCN3. The summed E-state index contributed by atoms with van der Waals surface area (Å²) in [4.78, 5) is 25.0. The van der Waals surface area contributed by atoms with E-state index in [4.69, 9.17) is 4.74 Å². The highest BCUT2D eigenvalue weighted by atomic mass is 16.6. The van der Waals surface area contributed by atoms with Gasteiger partial charge in [0.25, 0.3) is 0 Å². The molecule has 0 saturated heterocycles. The number of esters is 1. The van der Waals surface area contributed by atoms with Gasteiger partial charge in [0, 0.05) is 18.5 Å². The molecule has 1 aromatic carbocycles. The van der Waals surface area contributed by atoms with E-state index in [2.05, 4.69) is 5.32 Å². The molecule has 2 aliphatic rings. The van der Waals surface area contributed by atoms with Crippen molar-refractivity contribution < 1.29 is 19.4 Å². The van der Waals surface area contributed by atoms with E-state index in [1.54, 1.807) is 20.8 Å². The average molecular weight is 356 g/mol. The van der Waals surface area contributed by atoms with Gasteiger partial charge in [0.15, 0.2) is 0 Å². The fraction of sp³-hybridized carbons (Fsp3) is 0.500. The van der Waals surface area contributed by atoms with Crippen LogP contribution in [0.3, 0.4) is 0 Å². The normalized spacial score (nSPS) is 16.4. The Labute approximate surface area is 152 Å². The third kappa shape index (κ3) is 2.83. The van der Waals surface area contributed by atoms with E-state index in [9.17, 15) is 14.7 Å². The quantitative estimate of drug-likeness (QED) is 0.817. The molecule has 6 nitrogen and oxygen atoms in total. The number of ether oxygens (including phenoxy) is 1. The maximum Gasteiger partial charge on any atom is 0.353 e. The molecule has 26 heavy (non-hydrogen) atoms. The first-order valence-corrected chi connectivity index (χ1v) is 9.15. The monoisotopic (exact) mass is 356 g/mol. The topological polar surface area (TPSA) is 80.6 Å². The van der Waals surface area contributed by atoms with Crippen molar-refractivity contribution in [1.29, 1.82) is 0 Å². The van der Waals surface area contributed by atoms with Crippen LogP contribution in [0.2, 0.25) is 0 Å². The van der Waals surface area contributed by atoms with Gasteiger partial charge >= 0.3 is 11.9 Å². The summed E-state index contributed by atoms with van der Waals surface area (Å²) in [6.45, 7) is 6.81. The minimum atomic E-state index is -1.09. The van der Waals surface area contributed by atoms with Gasteiger partial charge in [0.05, 0.1) is 11.2 Å². The maximum absolute atomic E-state index is 12.9. The Bertz CT molecular complexity index is 916. The molecule has 0 bridgehead atoms. The number of carbonyl (C=O) groups is 2. The molecular weight excluding hydrogens is 332 g/mol. The van der Waals surface area contributed by atoms with E-state index in [0.717, 1.165) is 37.0 Å². The Morgan fingerprint density at radius 3 is 2.65 bits per heavy atom. The molecule has 138 valence electrons. The second kappa shape index (κ2) is 5.76. The molecule has 1 fully saturated rings. The maximum atomic E-state index is 12.9. The van der Waals surface area contributed by atoms with Crippen molar-refractivity contribution in [2.24, 2.45) is 5.92 Å². The van der Waals surface area contributed by atoms with Crippen molar-refractivity contribution in [2.75, 3.05) is 11.9 Å². The van der Waals surface area contributed by atoms with Crippen LogP contribution in [0.25, 0.3) is 10.9 Å². The van der Waals surface area contributed by atoms with E-state index < -0.39 is 17.5 Å². The highest BCUT2D eigenvalue weighted by Crippen LogP contribution is 2.40. The zero-order chi connectivity index (χ0) is 18.6. The number of anilines is 1. The summed E-state index contributed by atoms with van der Waals surface area (Å²) in [6, 6.07) is 3.86. The van der Waals surface area contributed by atoms with Gasteiger partial charge in [-0.2, -0.15) is 0 Å². The van der Waals surface area contributed by atoms with Crippen LogP contribution >= 0.6 is 0 Å². The van der Waals surface area contributed by atoms with Crippen molar-refractivity contribution in [3.8, 4) is 0 Å². The molecule has 1 aliphatic carbocycles. The molecule has 0 unspecified atom stereocenters. The van der Waals surface area contributed by atoms with Crippen molar-refractivity contribution in [1.82, 2.24) is 4.57 Å². The number of fused-ring (bicyclic) bond motifs is 3. The summed E-state index contributed by atoms with van der Waals surface area (Å²) < 4.78 is 7.37. The number of carboxylic acids is 1. The molecular formula is C20H24N2O4. The first-order valence-electron chi connectivity index (χ1n) is 9.15. The van der Waals surface area contributed by atoms with Crippen LogP contribution in [-0.2, 0) is 17.7 Å². The molecule has 1 saturated carbocycles. The highest BCUT2D eigenvalue weighted by molar-refractivity contribution is 6.15. The molecule has 2 aromatic rings. The first kappa shape index (κ1) is 16.9. The van der Waals surface area contributed by atoms with E-state index >= 15 is 0 Å². The predicted molar refractivity (Wildman–Crippen MR) is 99.0 cm³/mol. The summed E-state index contributed by atoms with van der Waals surface area (Å²) in [5.74, 6) is -1.19. The van der Waals surface area contributed by atoms with Gasteiger partial charge in [-0.1, -0.05) is 12.1 Å². The largest absolute Gasteiger partial charge is 0.477 e. The number of carboxylic acid groups (broad SMARTS) is 1. The minimum absolute atomic E-state index is 0.0447. The molecule has 0 spiro atoms. The van der Waals surface area contributed by atoms with Gasteiger partial charge in [-0.3, -0.25) is 0 Å². The lowest BCUT2D eigenvalue weighted by atomic mass is 10.1. The number of aromatic nitrogens is 1. The summed E-state index contributed by atoms with van der Waals surface area (Å²) >= 11 is 0. The zero-order valence-corrected chi connectivity index (χ0v) is 15.4. The number of nitrogens with one attached hydrogen (secondary N) is 1. The third-order valence-electron chi connectivity index (χ3n) is 4.95. The van der Waals surface area contributed by atoms with Crippen molar-refractivity contribution in [2.45, 2.75) is 52.2 Å². The van der Waals surface area contributed by atoms with Crippen molar-refractivity contribution in [3.63, 3.8) is 0 Å². The molecule has 2 N–H and O–H groups in total.